The molecular formula is C26H25ClN4O2S. The first-order valence-electron chi connectivity index (χ1n) is 10.8. The van der Waals surface area contributed by atoms with Crippen LogP contribution in [0.25, 0.3) is 17.1 Å². The molecule has 0 saturated carbocycles. The van der Waals surface area contributed by atoms with E-state index < -0.39 is 5.25 Å². The number of ether oxygens (including phenoxy) is 1. The van der Waals surface area contributed by atoms with Gasteiger partial charge in [-0.15, -0.1) is 10.2 Å². The zero-order chi connectivity index (χ0) is 24.2. The summed E-state index contributed by atoms with van der Waals surface area (Å²) >= 11 is 7.63. The molecule has 0 aliphatic heterocycles. The highest BCUT2D eigenvalue weighted by Gasteiger charge is 2.24. The van der Waals surface area contributed by atoms with Crippen LogP contribution in [-0.4, -0.2) is 33.0 Å². The lowest BCUT2D eigenvalue weighted by Gasteiger charge is -2.16. The summed E-state index contributed by atoms with van der Waals surface area (Å²) in [5.41, 5.74) is 4.46. The van der Waals surface area contributed by atoms with Crippen LogP contribution in [0.2, 0.25) is 5.02 Å². The van der Waals surface area contributed by atoms with Crippen molar-refractivity contribution in [1.82, 2.24) is 14.8 Å². The molecule has 1 aromatic heterocycles. The van der Waals surface area contributed by atoms with Crippen LogP contribution in [0.4, 0.5) is 5.69 Å². The number of carbonyl (C=O) groups is 1. The van der Waals surface area contributed by atoms with E-state index in [-0.39, 0.29) is 5.91 Å². The highest BCUT2D eigenvalue weighted by Crippen LogP contribution is 2.35. The molecule has 4 aromatic rings. The van der Waals surface area contributed by atoms with Crippen molar-refractivity contribution in [3.8, 4) is 22.8 Å². The number of aryl methyl sites for hydroxylation is 2. The van der Waals surface area contributed by atoms with E-state index in [0.29, 0.717) is 21.8 Å². The van der Waals surface area contributed by atoms with Crippen molar-refractivity contribution in [2.75, 3.05) is 12.4 Å². The number of carbonyl (C=O) groups excluding carboxylic acids is 1. The summed E-state index contributed by atoms with van der Waals surface area (Å²) in [4.78, 5) is 13.1. The SMILES string of the molecule is COc1ccccc1-c1nnc(S[C@@H](C)C(=O)Nc2c(C)cccc2C)n1-c1cccc(Cl)c1. The number of para-hydroxylation sites is 2. The number of hydrogen-bond acceptors (Lipinski definition) is 5. The van der Waals surface area contributed by atoms with Crippen LogP contribution in [0.15, 0.2) is 71.9 Å². The standard InChI is InChI=1S/C26H25ClN4O2S/c1-16-9-7-10-17(2)23(16)28-25(32)18(3)34-26-30-29-24(21-13-5-6-14-22(21)33-4)31(26)20-12-8-11-19(27)15-20/h5-15,18H,1-4H3,(H,28,32)/t18-/m0/s1. The van der Waals surface area contributed by atoms with Gasteiger partial charge < -0.3 is 10.1 Å². The molecule has 1 N–H and O–H groups in total. The summed E-state index contributed by atoms with van der Waals surface area (Å²) in [5.74, 6) is 1.17. The molecule has 0 radical (unpaired) electrons. The Hall–Kier alpha value is -3.29. The maximum absolute atomic E-state index is 13.1. The van der Waals surface area contributed by atoms with Gasteiger partial charge in [-0.2, -0.15) is 0 Å². The molecular weight excluding hydrogens is 468 g/mol. The number of anilines is 1. The zero-order valence-corrected chi connectivity index (χ0v) is 20.9. The number of methoxy groups -OCH3 is 1. The van der Waals surface area contributed by atoms with Crippen LogP contribution in [-0.2, 0) is 4.79 Å². The lowest BCUT2D eigenvalue weighted by molar-refractivity contribution is -0.115. The quantitative estimate of drug-likeness (QED) is 0.305. The van der Waals surface area contributed by atoms with Gasteiger partial charge in [-0.25, -0.2) is 0 Å². The van der Waals surface area contributed by atoms with Gasteiger partial charge in [0.2, 0.25) is 5.91 Å². The summed E-state index contributed by atoms with van der Waals surface area (Å²) < 4.78 is 7.45. The number of thioether (sulfide) groups is 1. The molecule has 4 rings (SSSR count). The molecule has 1 amide bonds. The van der Waals surface area contributed by atoms with Gasteiger partial charge in [0, 0.05) is 10.7 Å². The second-order valence-electron chi connectivity index (χ2n) is 7.84. The minimum Gasteiger partial charge on any atom is -0.496 e. The van der Waals surface area contributed by atoms with Crippen LogP contribution in [0.1, 0.15) is 18.1 Å². The maximum atomic E-state index is 13.1. The predicted molar refractivity (Wildman–Crippen MR) is 138 cm³/mol. The van der Waals surface area contributed by atoms with Crippen LogP contribution in [0, 0.1) is 13.8 Å². The summed E-state index contributed by atoms with van der Waals surface area (Å²) in [7, 11) is 1.62. The van der Waals surface area contributed by atoms with Crippen LogP contribution >= 0.6 is 23.4 Å². The molecule has 0 aliphatic carbocycles. The third-order valence-electron chi connectivity index (χ3n) is 5.43. The fourth-order valence-electron chi connectivity index (χ4n) is 3.65. The van der Waals surface area contributed by atoms with Crippen LogP contribution in [0.5, 0.6) is 5.75 Å². The lowest BCUT2D eigenvalue weighted by atomic mass is 10.1. The summed E-state index contributed by atoms with van der Waals surface area (Å²) in [6, 6.07) is 21.0. The van der Waals surface area contributed by atoms with E-state index in [4.69, 9.17) is 16.3 Å². The molecule has 0 aliphatic rings. The number of rotatable bonds is 7. The Morgan fingerprint density at radius 2 is 1.74 bits per heavy atom. The molecule has 0 bridgehead atoms. The topological polar surface area (TPSA) is 69.0 Å². The molecule has 0 unspecified atom stereocenters. The van der Waals surface area contributed by atoms with E-state index in [1.807, 2.05) is 92.1 Å². The Kier molecular flexibility index (Phi) is 7.24. The number of nitrogens with one attached hydrogen (secondary N) is 1. The highest BCUT2D eigenvalue weighted by atomic mass is 35.5. The number of aromatic nitrogens is 3. The first kappa shape index (κ1) is 23.9. The fraction of sp³-hybridized carbons (Fsp3) is 0.192. The molecule has 6 nitrogen and oxygen atoms in total. The van der Waals surface area contributed by atoms with Crippen molar-refractivity contribution >= 4 is 35.0 Å². The van der Waals surface area contributed by atoms with Crippen molar-refractivity contribution in [1.29, 1.82) is 0 Å². The Morgan fingerprint density at radius 3 is 2.44 bits per heavy atom. The Labute approximate surface area is 208 Å². The molecule has 3 aromatic carbocycles. The van der Waals surface area contributed by atoms with E-state index in [9.17, 15) is 4.79 Å². The van der Waals surface area contributed by atoms with Crippen molar-refractivity contribution in [2.45, 2.75) is 31.2 Å². The van der Waals surface area contributed by atoms with Crippen molar-refractivity contribution in [3.05, 3.63) is 82.9 Å². The van der Waals surface area contributed by atoms with Gasteiger partial charge in [-0.05, 0) is 62.2 Å². The molecule has 1 heterocycles. The van der Waals surface area contributed by atoms with Gasteiger partial charge in [0.25, 0.3) is 0 Å². The average Bonchev–Trinajstić information content (AvgIpc) is 3.24. The van der Waals surface area contributed by atoms with Crippen molar-refractivity contribution < 1.29 is 9.53 Å². The van der Waals surface area contributed by atoms with Crippen LogP contribution in [0.3, 0.4) is 0 Å². The largest absolute Gasteiger partial charge is 0.496 e. The Morgan fingerprint density at radius 1 is 1.03 bits per heavy atom. The Bertz CT molecular complexity index is 1320. The summed E-state index contributed by atoms with van der Waals surface area (Å²) in [6.45, 7) is 5.82. The Balaban J connectivity index is 1.71. The van der Waals surface area contributed by atoms with Gasteiger partial charge in [-0.3, -0.25) is 9.36 Å². The van der Waals surface area contributed by atoms with Crippen molar-refractivity contribution in [3.63, 3.8) is 0 Å². The van der Waals surface area contributed by atoms with Crippen molar-refractivity contribution in [2.24, 2.45) is 0 Å². The number of nitrogens with zero attached hydrogens (tertiary/aromatic N) is 3. The average molecular weight is 493 g/mol. The third-order valence-corrected chi connectivity index (χ3v) is 6.71. The van der Waals surface area contributed by atoms with E-state index >= 15 is 0 Å². The normalized spacial score (nSPS) is 11.8. The van der Waals surface area contributed by atoms with E-state index in [1.54, 1.807) is 7.11 Å². The molecule has 1 atom stereocenters. The summed E-state index contributed by atoms with van der Waals surface area (Å²) in [6.07, 6.45) is 0. The first-order chi connectivity index (χ1) is 16.4. The molecule has 0 saturated heterocycles. The molecule has 174 valence electrons. The number of amides is 1. The predicted octanol–water partition coefficient (Wildman–Crippen LogP) is 6.33. The second-order valence-corrected chi connectivity index (χ2v) is 9.58. The van der Waals surface area contributed by atoms with Gasteiger partial charge in [-0.1, -0.05) is 59.8 Å². The lowest BCUT2D eigenvalue weighted by Crippen LogP contribution is -2.23. The maximum Gasteiger partial charge on any atom is 0.237 e. The van der Waals surface area contributed by atoms with Gasteiger partial charge in [0.15, 0.2) is 11.0 Å². The fourth-order valence-corrected chi connectivity index (χ4v) is 4.70. The monoisotopic (exact) mass is 492 g/mol. The van der Waals surface area contributed by atoms with E-state index in [0.717, 1.165) is 28.1 Å². The molecule has 8 heteroatoms. The smallest absolute Gasteiger partial charge is 0.237 e. The minimum absolute atomic E-state index is 0.109. The van der Waals surface area contributed by atoms with E-state index in [2.05, 4.69) is 15.5 Å². The number of halogens is 1. The zero-order valence-electron chi connectivity index (χ0n) is 19.4. The third kappa shape index (κ3) is 4.95. The molecule has 0 spiro atoms. The second kappa shape index (κ2) is 10.3. The first-order valence-corrected chi connectivity index (χ1v) is 12.0. The van der Waals surface area contributed by atoms with Crippen LogP contribution < -0.4 is 10.1 Å². The summed E-state index contributed by atoms with van der Waals surface area (Å²) in [5, 5.41) is 12.7. The highest BCUT2D eigenvalue weighted by molar-refractivity contribution is 8.00. The number of hydrogen-bond donors (Lipinski definition) is 1. The van der Waals surface area contributed by atoms with Gasteiger partial charge in [0.1, 0.15) is 5.75 Å². The van der Waals surface area contributed by atoms with Gasteiger partial charge in [0.05, 0.1) is 23.6 Å². The van der Waals surface area contributed by atoms with Gasteiger partial charge >= 0.3 is 0 Å². The minimum atomic E-state index is -0.424. The number of benzene rings is 3. The molecule has 0 fully saturated rings. The van der Waals surface area contributed by atoms with E-state index in [1.165, 1.54) is 11.8 Å². The molecule has 34 heavy (non-hydrogen) atoms.